The standard InChI is InChI=1S/C13H17BrClN3O/c1-16-13(19)12-7-17-4-5-18(12)8-9-2-3-10(14)11(15)6-9/h2-3,6,12,17H,4-5,7-8H2,1H3,(H,16,19). The fraction of sp³-hybridized carbons (Fsp3) is 0.462. The SMILES string of the molecule is CNC(=O)C1CNCCN1Cc1ccc(Br)c(Cl)c1. The number of piperazine rings is 1. The summed E-state index contributed by atoms with van der Waals surface area (Å²) in [7, 11) is 1.67. The molecular formula is C13H17BrClN3O. The number of rotatable bonds is 3. The van der Waals surface area contributed by atoms with Gasteiger partial charge in [0.15, 0.2) is 0 Å². The Labute approximate surface area is 126 Å². The summed E-state index contributed by atoms with van der Waals surface area (Å²) in [5, 5.41) is 6.67. The molecule has 1 heterocycles. The predicted octanol–water partition coefficient (Wildman–Crippen LogP) is 1.62. The highest BCUT2D eigenvalue weighted by Crippen LogP contribution is 2.24. The Morgan fingerprint density at radius 1 is 1.63 bits per heavy atom. The van der Waals surface area contributed by atoms with Crippen LogP contribution in [0.15, 0.2) is 22.7 Å². The number of amides is 1. The van der Waals surface area contributed by atoms with Crippen molar-refractivity contribution >= 4 is 33.4 Å². The van der Waals surface area contributed by atoms with Gasteiger partial charge >= 0.3 is 0 Å². The molecule has 1 saturated heterocycles. The number of hydrogen-bond acceptors (Lipinski definition) is 3. The van der Waals surface area contributed by atoms with Crippen molar-refractivity contribution in [3.05, 3.63) is 33.3 Å². The van der Waals surface area contributed by atoms with E-state index >= 15 is 0 Å². The van der Waals surface area contributed by atoms with Gasteiger partial charge in [0.1, 0.15) is 6.04 Å². The molecule has 0 bridgehead atoms. The van der Waals surface area contributed by atoms with E-state index < -0.39 is 0 Å². The second kappa shape index (κ2) is 6.70. The van der Waals surface area contributed by atoms with Crippen LogP contribution < -0.4 is 10.6 Å². The molecule has 104 valence electrons. The highest BCUT2D eigenvalue weighted by molar-refractivity contribution is 9.10. The Morgan fingerprint density at radius 2 is 2.42 bits per heavy atom. The summed E-state index contributed by atoms with van der Waals surface area (Å²) in [5.41, 5.74) is 1.11. The molecule has 1 amide bonds. The van der Waals surface area contributed by atoms with E-state index in [1.54, 1.807) is 7.05 Å². The third-order valence-corrected chi connectivity index (χ3v) is 4.51. The molecule has 1 fully saturated rings. The number of carbonyl (C=O) groups is 1. The van der Waals surface area contributed by atoms with Gasteiger partial charge < -0.3 is 10.6 Å². The van der Waals surface area contributed by atoms with Gasteiger partial charge in [0.05, 0.1) is 5.02 Å². The third-order valence-electron chi connectivity index (χ3n) is 3.27. The van der Waals surface area contributed by atoms with Crippen molar-refractivity contribution in [2.24, 2.45) is 0 Å². The molecule has 19 heavy (non-hydrogen) atoms. The fourth-order valence-corrected chi connectivity index (χ4v) is 2.68. The van der Waals surface area contributed by atoms with E-state index in [9.17, 15) is 4.79 Å². The zero-order chi connectivity index (χ0) is 13.8. The Morgan fingerprint density at radius 3 is 3.11 bits per heavy atom. The fourth-order valence-electron chi connectivity index (χ4n) is 2.23. The van der Waals surface area contributed by atoms with Crippen LogP contribution in [0.1, 0.15) is 5.56 Å². The first-order chi connectivity index (χ1) is 9.11. The molecule has 1 aliphatic rings. The maximum atomic E-state index is 11.9. The second-order valence-electron chi connectivity index (χ2n) is 4.55. The number of likely N-dealkylation sites (N-methyl/N-ethyl adjacent to an activating group) is 1. The number of benzene rings is 1. The van der Waals surface area contributed by atoms with Crippen LogP contribution in [0.25, 0.3) is 0 Å². The van der Waals surface area contributed by atoms with Crippen LogP contribution in [-0.4, -0.2) is 43.5 Å². The lowest BCUT2D eigenvalue weighted by atomic mass is 10.1. The van der Waals surface area contributed by atoms with Crippen molar-refractivity contribution < 1.29 is 4.79 Å². The first-order valence-electron chi connectivity index (χ1n) is 6.22. The van der Waals surface area contributed by atoms with Gasteiger partial charge in [-0.05, 0) is 33.6 Å². The van der Waals surface area contributed by atoms with Gasteiger partial charge in [-0.25, -0.2) is 0 Å². The summed E-state index contributed by atoms with van der Waals surface area (Å²) in [6.07, 6.45) is 0. The minimum atomic E-state index is -0.124. The Balaban J connectivity index is 2.10. The molecular weight excluding hydrogens is 330 g/mol. The zero-order valence-corrected chi connectivity index (χ0v) is 13.1. The Bertz CT molecular complexity index is 469. The first kappa shape index (κ1) is 14.8. The van der Waals surface area contributed by atoms with E-state index in [1.807, 2.05) is 18.2 Å². The van der Waals surface area contributed by atoms with E-state index in [0.29, 0.717) is 11.6 Å². The van der Waals surface area contributed by atoms with Gasteiger partial charge in [0.25, 0.3) is 0 Å². The smallest absolute Gasteiger partial charge is 0.238 e. The van der Waals surface area contributed by atoms with Crippen LogP contribution in [0.5, 0.6) is 0 Å². The van der Waals surface area contributed by atoms with Crippen LogP contribution in [0.2, 0.25) is 5.02 Å². The van der Waals surface area contributed by atoms with Gasteiger partial charge in [0.2, 0.25) is 5.91 Å². The molecule has 2 N–H and O–H groups in total. The number of carbonyl (C=O) groups excluding carboxylic acids is 1. The topological polar surface area (TPSA) is 44.4 Å². The summed E-state index contributed by atoms with van der Waals surface area (Å²) >= 11 is 9.48. The van der Waals surface area contributed by atoms with Crippen molar-refractivity contribution in [2.45, 2.75) is 12.6 Å². The summed E-state index contributed by atoms with van der Waals surface area (Å²) in [6, 6.07) is 5.78. The lowest BCUT2D eigenvalue weighted by Crippen LogP contribution is -2.56. The molecule has 0 aliphatic carbocycles. The molecule has 0 spiro atoms. The highest BCUT2D eigenvalue weighted by atomic mass is 79.9. The average Bonchev–Trinajstić information content (AvgIpc) is 2.43. The summed E-state index contributed by atoms with van der Waals surface area (Å²) in [6.45, 7) is 3.17. The van der Waals surface area contributed by atoms with Crippen molar-refractivity contribution in [2.75, 3.05) is 26.7 Å². The largest absolute Gasteiger partial charge is 0.358 e. The predicted molar refractivity (Wildman–Crippen MR) is 80.3 cm³/mol. The molecule has 4 nitrogen and oxygen atoms in total. The van der Waals surface area contributed by atoms with Gasteiger partial charge in [-0.1, -0.05) is 17.7 Å². The van der Waals surface area contributed by atoms with Crippen LogP contribution >= 0.6 is 27.5 Å². The molecule has 1 unspecified atom stereocenters. The highest BCUT2D eigenvalue weighted by Gasteiger charge is 2.27. The van der Waals surface area contributed by atoms with Gasteiger partial charge in [-0.15, -0.1) is 0 Å². The molecule has 1 aromatic rings. The molecule has 1 aromatic carbocycles. The van der Waals surface area contributed by atoms with Crippen molar-refractivity contribution in [3.8, 4) is 0 Å². The maximum Gasteiger partial charge on any atom is 0.238 e. The van der Waals surface area contributed by atoms with Gasteiger partial charge in [0, 0.05) is 37.7 Å². The van der Waals surface area contributed by atoms with Crippen LogP contribution in [0, 0.1) is 0 Å². The van der Waals surface area contributed by atoms with Crippen molar-refractivity contribution in [3.63, 3.8) is 0 Å². The molecule has 1 atom stereocenters. The van der Waals surface area contributed by atoms with E-state index in [4.69, 9.17) is 11.6 Å². The molecule has 2 rings (SSSR count). The summed E-state index contributed by atoms with van der Waals surface area (Å²) < 4.78 is 0.890. The normalized spacial score (nSPS) is 20.3. The van der Waals surface area contributed by atoms with E-state index in [2.05, 4.69) is 31.5 Å². The Hall–Kier alpha value is -0.620. The van der Waals surface area contributed by atoms with Gasteiger partial charge in [-0.3, -0.25) is 9.69 Å². The number of nitrogens with one attached hydrogen (secondary N) is 2. The van der Waals surface area contributed by atoms with E-state index in [0.717, 1.165) is 29.7 Å². The van der Waals surface area contributed by atoms with E-state index in [1.165, 1.54) is 0 Å². The quantitative estimate of drug-likeness (QED) is 0.874. The summed E-state index contributed by atoms with van der Waals surface area (Å²) in [4.78, 5) is 14.0. The van der Waals surface area contributed by atoms with Crippen LogP contribution in [0.3, 0.4) is 0 Å². The first-order valence-corrected chi connectivity index (χ1v) is 7.39. The third kappa shape index (κ3) is 3.69. The zero-order valence-electron chi connectivity index (χ0n) is 10.7. The van der Waals surface area contributed by atoms with E-state index in [-0.39, 0.29) is 11.9 Å². The second-order valence-corrected chi connectivity index (χ2v) is 5.81. The lowest BCUT2D eigenvalue weighted by Gasteiger charge is -2.34. The summed E-state index contributed by atoms with van der Waals surface area (Å²) in [5.74, 6) is 0.0513. The minimum absolute atomic E-state index is 0.0513. The maximum absolute atomic E-state index is 11.9. The number of nitrogens with zero attached hydrogens (tertiary/aromatic N) is 1. The number of hydrogen-bond donors (Lipinski definition) is 2. The van der Waals surface area contributed by atoms with Crippen molar-refractivity contribution in [1.29, 1.82) is 0 Å². The van der Waals surface area contributed by atoms with Crippen LogP contribution in [0.4, 0.5) is 0 Å². The van der Waals surface area contributed by atoms with Crippen molar-refractivity contribution in [1.82, 2.24) is 15.5 Å². The Kier molecular flexibility index (Phi) is 5.21. The molecule has 0 aromatic heterocycles. The average molecular weight is 347 g/mol. The van der Waals surface area contributed by atoms with Gasteiger partial charge in [-0.2, -0.15) is 0 Å². The lowest BCUT2D eigenvalue weighted by molar-refractivity contribution is -0.126. The molecule has 1 aliphatic heterocycles. The number of halogens is 2. The monoisotopic (exact) mass is 345 g/mol. The van der Waals surface area contributed by atoms with Crippen LogP contribution in [-0.2, 0) is 11.3 Å². The minimum Gasteiger partial charge on any atom is -0.358 e. The molecule has 0 radical (unpaired) electrons. The molecule has 0 saturated carbocycles. The molecule has 6 heteroatoms.